The molecule has 0 saturated carbocycles. The molecule has 0 aromatic rings. The van der Waals surface area contributed by atoms with Crippen molar-refractivity contribution in [3.05, 3.63) is 23.9 Å². The third-order valence-corrected chi connectivity index (χ3v) is 5.83. The van der Waals surface area contributed by atoms with Crippen molar-refractivity contribution in [2.75, 3.05) is 25.4 Å². The molecule has 3 heterocycles. The van der Waals surface area contributed by atoms with Gasteiger partial charge in [0.1, 0.15) is 5.84 Å². The van der Waals surface area contributed by atoms with Crippen molar-refractivity contribution in [2.45, 2.75) is 26.3 Å². The minimum absolute atomic E-state index is 0. The normalized spacial score (nSPS) is 27.5. The summed E-state index contributed by atoms with van der Waals surface area (Å²) in [7, 11) is -3.38. The van der Waals surface area contributed by atoms with Crippen molar-refractivity contribution in [1.82, 2.24) is 9.80 Å². The zero-order chi connectivity index (χ0) is 16.8. The lowest BCUT2D eigenvalue weighted by Gasteiger charge is -2.43. The van der Waals surface area contributed by atoms with E-state index in [0.717, 1.165) is 6.42 Å². The number of piperidine rings is 1. The maximum atomic E-state index is 12.7. The predicted molar refractivity (Wildman–Crippen MR) is 95.4 cm³/mol. The monoisotopic (exact) mass is 374 g/mol. The Morgan fingerprint density at radius 3 is 2.71 bits per heavy atom. The number of amides is 1. The summed E-state index contributed by atoms with van der Waals surface area (Å²) < 4.78 is 26.7. The molecule has 1 unspecified atom stereocenters. The minimum Gasteiger partial charge on any atom is -0.338 e. The van der Waals surface area contributed by atoms with Crippen LogP contribution in [0.2, 0.25) is 0 Å². The highest BCUT2D eigenvalue weighted by molar-refractivity contribution is 7.90. The van der Waals surface area contributed by atoms with Gasteiger partial charge < -0.3 is 15.5 Å². The number of fused-ring (bicyclic) bond motifs is 1. The second kappa shape index (κ2) is 6.50. The minimum atomic E-state index is -3.38. The van der Waals surface area contributed by atoms with Gasteiger partial charge in [-0.05, 0) is 24.0 Å². The molecule has 1 atom stereocenters. The van der Waals surface area contributed by atoms with Gasteiger partial charge in [-0.15, -0.1) is 16.8 Å². The van der Waals surface area contributed by atoms with Crippen molar-refractivity contribution in [3.63, 3.8) is 0 Å². The van der Waals surface area contributed by atoms with Crippen LogP contribution in [0.4, 0.5) is 0 Å². The fourth-order valence-corrected chi connectivity index (χ4v) is 4.03. The van der Waals surface area contributed by atoms with E-state index >= 15 is 0 Å². The smallest absolute Gasteiger partial charge is 0.256 e. The highest BCUT2D eigenvalue weighted by Gasteiger charge is 2.36. The standard InChI is InChI=1S/C15H22N4O3S.ClH/c1-15(2)10-19(6-5-12(15)16)14(20)11-3-4-13-17-23(21,22)8-7-18(13)9-11;/h3-4,9,12H,5-8,10,16H2,1-2H3;1H. The number of carbonyl (C=O) groups excluding carboxylic acids is 1. The first-order valence-corrected chi connectivity index (χ1v) is 9.33. The summed E-state index contributed by atoms with van der Waals surface area (Å²) in [6.45, 7) is 5.72. The summed E-state index contributed by atoms with van der Waals surface area (Å²) in [5.41, 5.74) is 6.56. The van der Waals surface area contributed by atoms with Gasteiger partial charge in [0.05, 0.1) is 11.3 Å². The van der Waals surface area contributed by atoms with E-state index in [9.17, 15) is 13.2 Å². The molecule has 0 radical (unpaired) electrons. The van der Waals surface area contributed by atoms with Gasteiger partial charge in [-0.3, -0.25) is 4.79 Å². The highest BCUT2D eigenvalue weighted by atomic mass is 35.5. The molecular formula is C15H23ClN4O3S. The van der Waals surface area contributed by atoms with E-state index in [1.54, 1.807) is 23.3 Å². The molecule has 3 aliphatic heterocycles. The Morgan fingerprint density at radius 2 is 2.04 bits per heavy atom. The first-order chi connectivity index (χ1) is 10.7. The van der Waals surface area contributed by atoms with Crippen molar-refractivity contribution >= 4 is 34.2 Å². The molecule has 134 valence electrons. The van der Waals surface area contributed by atoms with E-state index in [1.165, 1.54) is 0 Å². The van der Waals surface area contributed by atoms with Crippen LogP contribution in [0, 0.1) is 5.41 Å². The van der Waals surface area contributed by atoms with Gasteiger partial charge in [-0.2, -0.15) is 0 Å². The molecule has 7 nitrogen and oxygen atoms in total. The fraction of sp³-hybridized carbons (Fsp3) is 0.600. The maximum Gasteiger partial charge on any atom is 0.256 e. The Kier molecular flexibility index (Phi) is 5.13. The van der Waals surface area contributed by atoms with E-state index in [-0.39, 0.29) is 35.5 Å². The van der Waals surface area contributed by atoms with E-state index < -0.39 is 10.0 Å². The number of amidine groups is 1. The Balaban J connectivity index is 0.00000208. The lowest BCUT2D eigenvalue weighted by atomic mass is 9.79. The first-order valence-electron chi connectivity index (χ1n) is 7.72. The van der Waals surface area contributed by atoms with Crippen molar-refractivity contribution < 1.29 is 13.2 Å². The van der Waals surface area contributed by atoms with Crippen LogP contribution in [0.5, 0.6) is 0 Å². The lowest BCUT2D eigenvalue weighted by Crippen LogP contribution is -2.54. The molecular weight excluding hydrogens is 352 g/mol. The average Bonchev–Trinajstić information content (AvgIpc) is 2.48. The first kappa shape index (κ1) is 19.0. The molecule has 3 aliphatic rings. The van der Waals surface area contributed by atoms with Crippen LogP contribution in [0.25, 0.3) is 0 Å². The Bertz CT molecular complexity index is 727. The van der Waals surface area contributed by atoms with E-state index in [0.29, 0.717) is 31.0 Å². The molecule has 1 amide bonds. The van der Waals surface area contributed by atoms with Gasteiger partial charge in [0.25, 0.3) is 15.9 Å². The number of carbonyl (C=O) groups is 1. The van der Waals surface area contributed by atoms with Crippen LogP contribution in [-0.4, -0.2) is 61.4 Å². The third kappa shape index (κ3) is 3.65. The molecule has 3 rings (SSSR count). The number of nitrogens with zero attached hydrogens (tertiary/aromatic N) is 3. The average molecular weight is 375 g/mol. The number of sulfonamides is 1. The molecule has 0 bridgehead atoms. The zero-order valence-corrected chi connectivity index (χ0v) is 15.4. The zero-order valence-electron chi connectivity index (χ0n) is 13.8. The molecule has 9 heteroatoms. The molecule has 0 aliphatic carbocycles. The van der Waals surface area contributed by atoms with E-state index in [4.69, 9.17) is 5.73 Å². The second-order valence-electron chi connectivity index (χ2n) is 6.96. The van der Waals surface area contributed by atoms with Gasteiger partial charge in [-0.25, -0.2) is 8.42 Å². The lowest BCUT2D eigenvalue weighted by molar-refractivity contribution is -0.130. The van der Waals surface area contributed by atoms with Crippen LogP contribution in [0.15, 0.2) is 28.3 Å². The van der Waals surface area contributed by atoms with Crippen molar-refractivity contribution in [3.8, 4) is 0 Å². The van der Waals surface area contributed by atoms with Crippen LogP contribution in [0.1, 0.15) is 20.3 Å². The van der Waals surface area contributed by atoms with Gasteiger partial charge in [0, 0.05) is 31.9 Å². The quantitative estimate of drug-likeness (QED) is 0.720. The number of hydrogen-bond acceptors (Lipinski definition) is 5. The largest absolute Gasteiger partial charge is 0.338 e. The molecule has 1 saturated heterocycles. The van der Waals surface area contributed by atoms with Crippen LogP contribution in [-0.2, 0) is 14.8 Å². The Hall–Kier alpha value is -1.38. The number of nitrogens with two attached hydrogens (primary N) is 1. The summed E-state index contributed by atoms with van der Waals surface area (Å²) in [5.74, 6) is 0.288. The highest BCUT2D eigenvalue weighted by Crippen LogP contribution is 2.29. The van der Waals surface area contributed by atoms with Crippen LogP contribution in [0.3, 0.4) is 0 Å². The van der Waals surface area contributed by atoms with Crippen molar-refractivity contribution in [1.29, 1.82) is 0 Å². The molecule has 0 aromatic carbocycles. The number of halogens is 1. The van der Waals surface area contributed by atoms with Crippen molar-refractivity contribution in [2.24, 2.45) is 15.5 Å². The van der Waals surface area contributed by atoms with Gasteiger partial charge in [0.2, 0.25) is 0 Å². The molecule has 24 heavy (non-hydrogen) atoms. The molecule has 0 spiro atoms. The van der Waals surface area contributed by atoms with E-state index in [2.05, 4.69) is 18.2 Å². The number of hydrogen-bond donors (Lipinski definition) is 1. The number of likely N-dealkylation sites (tertiary alicyclic amines) is 1. The molecule has 1 fully saturated rings. The van der Waals surface area contributed by atoms with Gasteiger partial charge >= 0.3 is 0 Å². The Labute approximate surface area is 148 Å². The summed E-state index contributed by atoms with van der Waals surface area (Å²) in [6, 6.07) is 0.0912. The summed E-state index contributed by atoms with van der Waals surface area (Å²) >= 11 is 0. The number of rotatable bonds is 1. The summed E-state index contributed by atoms with van der Waals surface area (Å²) in [6.07, 6.45) is 5.70. The van der Waals surface area contributed by atoms with Gasteiger partial charge in [-0.1, -0.05) is 13.8 Å². The third-order valence-electron chi connectivity index (χ3n) is 4.67. The van der Waals surface area contributed by atoms with Gasteiger partial charge in [0.15, 0.2) is 0 Å². The van der Waals surface area contributed by atoms with Crippen LogP contribution >= 0.6 is 12.4 Å². The fourth-order valence-electron chi connectivity index (χ4n) is 3.06. The van der Waals surface area contributed by atoms with Crippen LogP contribution < -0.4 is 5.73 Å². The molecule has 2 N–H and O–H groups in total. The Morgan fingerprint density at radius 1 is 1.33 bits per heavy atom. The maximum absolute atomic E-state index is 12.7. The predicted octanol–water partition coefficient (Wildman–Crippen LogP) is 0.492. The topological polar surface area (TPSA) is 96.1 Å². The SMILES string of the molecule is CC1(C)CN(C(=O)C2=CN3CCS(=O)(=O)N=C3C=C2)CCC1N.Cl. The summed E-state index contributed by atoms with van der Waals surface area (Å²) in [5, 5.41) is 0. The second-order valence-corrected chi connectivity index (χ2v) is 8.71. The molecule has 0 aromatic heterocycles. The summed E-state index contributed by atoms with van der Waals surface area (Å²) in [4.78, 5) is 16.3. The van der Waals surface area contributed by atoms with E-state index in [1.807, 2.05) is 4.90 Å².